The van der Waals surface area contributed by atoms with Crippen LogP contribution >= 0.6 is 0 Å². The molecule has 0 radical (unpaired) electrons. The standard InChI is InChI=1S/C15H20N2O2/c1-12(18)16-11-14-9-5-6-10-17(14)15(19)13-7-3-2-4-8-13/h2-4,7-8,14H,5-6,9-11H2,1H3,(H,16,18)/t14-/m0/s1. The van der Waals surface area contributed by atoms with Crippen molar-refractivity contribution < 1.29 is 9.59 Å². The molecule has 1 aliphatic rings. The van der Waals surface area contributed by atoms with Gasteiger partial charge in [0.25, 0.3) is 5.91 Å². The number of benzene rings is 1. The number of hydrogen-bond acceptors (Lipinski definition) is 2. The fraction of sp³-hybridized carbons (Fsp3) is 0.467. The van der Waals surface area contributed by atoms with Crippen LogP contribution in [0.25, 0.3) is 0 Å². The van der Waals surface area contributed by atoms with Crippen LogP contribution in [0.1, 0.15) is 36.5 Å². The van der Waals surface area contributed by atoms with Crippen LogP contribution in [0.3, 0.4) is 0 Å². The number of hydrogen-bond donors (Lipinski definition) is 1. The maximum absolute atomic E-state index is 12.5. The third-order valence-corrected chi connectivity index (χ3v) is 3.50. The first-order valence-electron chi connectivity index (χ1n) is 6.79. The Hall–Kier alpha value is -1.84. The van der Waals surface area contributed by atoms with Crippen molar-refractivity contribution >= 4 is 11.8 Å². The van der Waals surface area contributed by atoms with Gasteiger partial charge in [0.2, 0.25) is 5.91 Å². The number of nitrogens with zero attached hydrogens (tertiary/aromatic N) is 1. The maximum Gasteiger partial charge on any atom is 0.254 e. The van der Waals surface area contributed by atoms with E-state index in [2.05, 4.69) is 5.32 Å². The van der Waals surface area contributed by atoms with E-state index >= 15 is 0 Å². The van der Waals surface area contributed by atoms with Crippen LogP contribution < -0.4 is 5.32 Å². The summed E-state index contributed by atoms with van der Waals surface area (Å²) >= 11 is 0. The van der Waals surface area contributed by atoms with Gasteiger partial charge < -0.3 is 10.2 Å². The third kappa shape index (κ3) is 3.56. The molecule has 2 amide bonds. The van der Waals surface area contributed by atoms with Gasteiger partial charge in [-0.05, 0) is 31.4 Å². The van der Waals surface area contributed by atoms with Gasteiger partial charge in [-0.3, -0.25) is 9.59 Å². The van der Waals surface area contributed by atoms with Gasteiger partial charge in [-0.15, -0.1) is 0 Å². The quantitative estimate of drug-likeness (QED) is 0.901. The Labute approximate surface area is 113 Å². The second-order valence-corrected chi connectivity index (χ2v) is 4.95. The minimum absolute atomic E-state index is 0.0438. The first-order chi connectivity index (χ1) is 9.18. The van der Waals surface area contributed by atoms with Gasteiger partial charge in [0.05, 0.1) is 0 Å². The smallest absolute Gasteiger partial charge is 0.254 e. The zero-order valence-corrected chi connectivity index (χ0v) is 11.3. The summed E-state index contributed by atoms with van der Waals surface area (Å²) in [6, 6.07) is 9.45. The number of piperidine rings is 1. The second kappa shape index (κ2) is 6.36. The molecule has 4 heteroatoms. The molecule has 2 rings (SSSR count). The van der Waals surface area contributed by atoms with E-state index in [0.717, 1.165) is 31.4 Å². The highest BCUT2D eigenvalue weighted by Crippen LogP contribution is 2.19. The molecule has 1 heterocycles. The lowest BCUT2D eigenvalue weighted by atomic mass is 10.0. The average molecular weight is 260 g/mol. The molecule has 1 atom stereocenters. The fourth-order valence-electron chi connectivity index (χ4n) is 2.49. The normalized spacial score (nSPS) is 19.0. The maximum atomic E-state index is 12.5. The molecule has 102 valence electrons. The van der Waals surface area contributed by atoms with Crippen LogP contribution in [0.15, 0.2) is 30.3 Å². The van der Waals surface area contributed by atoms with Crippen molar-refractivity contribution in [2.75, 3.05) is 13.1 Å². The molecular weight excluding hydrogens is 240 g/mol. The number of likely N-dealkylation sites (tertiary alicyclic amines) is 1. The predicted octanol–water partition coefficient (Wildman–Crippen LogP) is 1.82. The van der Waals surface area contributed by atoms with Crippen molar-refractivity contribution in [3.63, 3.8) is 0 Å². The van der Waals surface area contributed by atoms with Crippen molar-refractivity contribution in [3.8, 4) is 0 Å². The summed E-state index contributed by atoms with van der Waals surface area (Å²) in [6.07, 6.45) is 3.11. The van der Waals surface area contributed by atoms with Crippen molar-refractivity contribution in [3.05, 3.63) is 35.9 Å². The summed E-state index contributed by atoms with van der Waals surface area (Å²) in [4.78, 5) is 25.4. The Bertz CT molecular complexity index is 445. The van der Waals surface area contributed by atoms with Gasteiger partial charge in [-0.1, -0.05) is 18.2 Å². The van der Waals surface area contributed by atoms with E-state index in [-0.39, 0.29) is 17.9 Å². The minimum Gasteiger partial charge on any atom is -0.354 e. The Balaban J connectivity index is 2.06. The van der Waals surface area contributed by atoms with Gasteiger partial charge in [0.1, 0.15) is 0 Å². The lowest BCUT2D eigenvalue weighted by Crippen LogP contribution is -2.49. The first kappa shape index (κ1) is 13.6. The van der Waals surface area contributed by atoms with E-state index in [1.54, 1.807) is 0 Å². The largest absolute Gasteiger partial charge is 0.354 e. The highest BCUT2D eigenvalue weighted by Gasteiger charge is 2.27. The molecule has 0 bridgehead atoms. The van der Waals surface area contributed by atoms with Gasteiger partial charge in [0, 0.05) is 31.6 Å². The van der Waals surface area contributed by atoms with Gasteiger partial charge in [-0.2, -0.15) is 0 Å². The van der Waals surface area contributed by atoms with Crippen molar-refractivity contribution in [2.45, 2.75) is 32.2 Å². The highest BCUT2D eigenvalue weighted by atomic mass is 16.2. The summed E-state index contributed by atoms with van der Waals surface area (Å²) in [5.41, 5.74) is 0.720. The van der Waals surface area contributed by atoms with Crippen molar-refractivity contribution in [1.82, 2.24) is 10.2 Å². The molecule has 1 aromatic carbocycles. The lowest BCUT2D eigenvalue weighted by Gasteiger charge is -2.36. The van der Waals surface area contributed by atoms with Crippen LogP contribution in [0.5, 0.6) is 0 Å². The third-order valence-electron chi connectivity index (χ3n) is 3.50. The van der Waals surface area contributed by atoms with E-state index in [0.29, 0.717) is 6.54 Å². The molecular formula is C15H20N2O2. The zero-order chi connectivity index (χ0) is 13.7. The van der Waals surface area contributed by atoms with Crippen LogP contribution in [0.2, 0.25) is 0 Å². The Morgan fingerprint density at radius 2 is 2.00 bits per heavy atom. The van der Waals surface area contributed by atoms with Crippen molar-refractivity contribution in [1.29, 1.82) is 0 Å². The highest BCUT2D eigenvalue weighted by molar-refractivity contribution is 5.94. The van der Waals surface area contributed by atoms with E-state index in [9.17, 15) is 9.59 Å². The van der Waals surface area contributed by atoms with E-state index in [1.807, 2.05) is 35.2 Å². The summed E-state index contributed by atoms with van der Waals surface area (Å²) in [7, 11) is 0. The zero-order valence-electron chi connectivity index (χ0n) is 11.3. The minimum atomic E-state index is -0.0438. The SMILES string of the molecule is CC(=O)NC[C@@H]1CCCCN1C(=O)c1ccccc1. The molecule has 4 nitrogen and oxygen atoms in total. The number of carbonyl (C=O) groups is 2. The van der Waals surface area contributed by atoms with E-state index < -0.39 is 0 Å². The van der Waals surface area contributed by atoms with Gasteiger partial charge in [-0.25, -0.2) is 0 Å². The van der Waals surface area contributed by atoms with Crippen LogP contribution in [0.4, 0.5) is 0 Å². The Kier molecular flexibility index (Phi) is 4.55. The number of rotatable bonds is 3. The first-order valence-corrected chi connectivity index (χ1v) is 6.79. The van der Waals surface area contributed by atoms with E-state index in [4.69, 9.17) is 0 Å². The molecule has 1 fully saturated rings. The van der Waals surface area contributed by atoms with Crippen LogP contribution in [0, 0.1) is 0 Å². The molecule has 1 aromatic rings. The molecule has 0 unspecified atom stereocenters. The van der Waals surface area contributed by atoms with Crippen molar-refractivity contribution in [2.24, 2.45) is 0 Å². The monoisotopic (exact) mass is 260 g/mol. The topological polar surface area (TPSA) is 49.4 Å². The molecule has 0 aliphatic carbocycles. The van der Waals surface area contributed by atoms with E-state index in [1.165, 1.54) is 6.92 Å². The van der Waals surface area contributed by atoms with Gasteiger partial charge >= 0.3 is 0 Å². The summed E-state index contributed by atoms with van der Waals surface area (Å²) in [5.74, 6) is 0.0216. The number of amides is 2. The van der Waals surface area contributed by atoms with Crippen LogP contribution in [-0.4, -0.2) is 35.8 Å². The summed E-state index contributed by atoms with van der Waals surface area (Å²) in [5, 5.41) is 2.82. The molecule has 0 aromatic heterocycles. The molecule has 0 saturated carbocycles. The molecule has 1 aliphatic heterocycles. The summed E-state index contributed by atoms with van der Waals surface area (Å²) < 4.78 is 0. The lowest BCUT2D eigenvalue weighted by molar-refractivity contribution is -0.119. The summed E-state index contributed by atoms with van der Waals surface area (Å²) in [6.45, 7) is 2.83. The number of nitrogens with one attached hydrogen (secondary N) is 1. The average Bonchev–Trinajstić information content (AvgIpc) is 2.45. The van der Waals surface area contributed by atoms with Crippen LogP contribution in [-0.2, 0) is 4.79 Å². The molecule has 1 N–H and O–H groups in total. The fourth-order valence-corrected chi connectivity index (χ4v) is 2.49. The Morgan fingerprint density at radius 3 is 2.68 bits per heavy atom. The molecule has 0 spiro atoms. The molecule has 1 saturated heterocycles. The predicted molar refractivity (Wildman–Crippen MR) is 73.8 cm³/mol. The number of carbonyl (C=O) groups excluding carboxylic acids is 2. The second-order valence-electron chi connectivity index (χ2n) is 4.95. The Morgan fingerprint density at radius 1 is 1.26 bits per heavy atom. The molecule has 19 heavy (non-hydrogen) atoms. The van der Waals surface area contributed by atoms with Gasteiger partial charge in [0.15, 0.2) is 0 Å².